The molecule has 118 valence electrons. The lowest BCUT2D eigenvalue weighted by Crippen LogP contribution is -2.37. The van der Waals surface area contributed by atoms with Crippen LogP contribution in [0.2, 0.25) is 10.0 Å². The highest BCUT2D eigenvalue weighted by Crippen LogP contribution is 2.28. The van der Waals surface area contributed by atoms with Crippen molar-refractivity contribution in [3.8, 4) is 5.75 Å². The maximum Gasteiger partial charge on any atom is 0.138 e. The number of halogens is 2. The van der Waals surface area contributed by atoms with Gasteiger partial charge in [0.25, 0.3) is 0 Å². The van der Waals surface area contributed by atoms with E-state index in [0.717, 1.165) is 5.25 Å². The average Bonchev–Trinajstić information content (AvgIpc) is 2.92. The van der Waals surface area contributed by atoms with Gasteiger partial charge in [0.1, 0.15) is 18.5 Å². The number of ether oxygens (including phenoxy) is 1. The smallest absolute Gasteiger partial charge is 0.138 e. The molecule has 1 aliphatic rings. The fourth-order valence-corrected chi connectivity index (χ4v) is 3.74. The molecule has 3 unspecified atom stereocenters. The SMILES string of the molecule is CSC1CCC(NCC(O)COc2ccc(Cl)cc2Cl)C1. The van der Waals surface area contributed by atoms with E-state index in [1.165, 1.54) is 19.3 Å². The van der Waals surface area contributed by atoms with E-state index < -0.39 is 6.10 Å². The van der Waals surface area contributed by atoms with Crippen molar-refractivity contribution in [2.75, 3.05) is 19.4 Å². The first kappa shape index (κ1) is 17.2. The van der Waals surface area contributed by atoms with E-state index in [1.54, 1.807) is 18.2 Å². The van der Waals surface area contributed by atoms with Crippen molar-refractivity contribution in [1.82, 2.24) is 5.32 Å². The van der Waals surface area contributed by atoms with Crippen molar-refractivity contribution in [3.05, 3.63) is 28.2 Å². The number of hydrogen-bond donors (Lipinski definition) is 2. The number of aliphatic hydroxyl groups is 1. The summed E-state index contributed by atoms with van der Waals surface area (Å²) in [6.07, 6.45) is 5.22. The van der Waals surface area contributed by atoms with Crippen LogP contribution >= 0.6 is 35.0 Å². The Morgan fingerprint density at radius 3 is 2.90 bits per heavy atom. The molecule has 6 heteroatoms. The van der Waals surface area contributed by atoms with E-state index in [1.807, 2.05) is 11.8 Å². The van der Waals surface area contributed by atoms with Crippen molar-refractivity contribution < 1.29 is 9.84 Å². The standard InChI is InChI=1S/C15H21Cl2NO2S/c1-21-13-4-3-11(7-13)18-8-12(19)9-20-15-5-2-10(16)6-14(15)17/h2,5-6,11-13,18-19H,3-4,7-9H2,1H3. The Bertz CT molecular complexity index is 461. The van der Waals surface area contributed by atoms with Gasteiger partial charge >= 0.3 is 0 Å². The molecule has 3 atom stereocenters. The number of hydrogen-bond acceptors (Lipinski definition) is 4. The summed E-state index contributed by atoms with van der Waals surface area (Å²) in [5, 5.41) is 15.2. The molecular weight excluding hydrogens is 329 g/mol. The van der Waals surface area contributed by atoms with Crippen molar-refractivity contribution in [3.63, 3.8) is 0 Å². The zero-order valence-electron chi connectivity index (χ0n) is 12.0. The first-order valence-electron chi connectivity index (χ1n) is 7.10. The molecule has 2 N–H and O–H groups in total. The lowest BCUT2D eigenvalue weighted by atomic mass is 10.2. The molecule has 1 aromatic carbocycles. The third kappa shape index (κ3) is 5.53. The molecule has 0 aromatic heterocycles. The number of thioether (sulfide) groups is 1. The van der Waals surface area contributed by atoms with Crippen LogP contribution in [0.15, 0.2) is 18.2 Å². The summed E-state index contributed by atoms with van der Waals surface area (Å²) in [4.78, 5) is 0. The molecule has 0 spiro atoms. The Labute approximate surface area is 140 Å². The van der Waals surface area contributed by atoms with Crippen LogP contribution in [0, 0.1) is 0 Å². The normalized spacial score (nSPS) is 23.2. The van der Waals surface area contributed by atoms with Crippen LogP contribution in [-0.2, 0) is 0 Å². The molecule has 1 saturated carbocycles. The molecule has 2 rings (SSSR count). The fourth-order valence-electron chi connectivity index (χ4n) is 2.48. The Morgan fingerprint density at radius 2 is 2.24 bits per heavy atom. The van der Waals surface area contributed by atoms with Gasteiger partial charge in [0.2, 0.25) is 0 Å². The first-order chi connectivity index (χ1) is 10.1. The van der Waals surface area contributed by atoms with Gasteiger partial charge in [-0.05, 0) is 43.7 Å². The molecule has 1 fully saturated rings. The molecular formula is C15H21Cl2NO2S. The van der Waals surface area contributed by atoms with Crippen LogP contribution in [0.4, 0.5) is 0 Å². The minimum atomic E-state index is -0.551. The van der Waals surface area contributed by atoms with Gasteiger partial charge in [0, 0.05) is 22.9 Å². The third-order valence-electron chi connectivity index (χ3n) is 3.69. The maximum absolute atomic E-state index is 9.98. The number of nitrogens with one attached hydrogen (secondary N) is 1. The second-order valence-corrected chi connectivity index (χ2v) is 7.30. The number of rotatable bonds is 7. The first-order valence-corrected chi connectivity index (χ1v) is 9.15. The summed E-state index contributed by atoms with van der Waals surface area (Å²) < 4.78 is 5.53. The Morgan fingerprint density at radius 1 is 1.43 bits per heavy atom. The van der Waals surface area contributed by atoms with E-state index in [-0.39, 0.29) is 6.61 Å². The molecule has 1 aromatic rings. The van der Waals surface area contributed by atoms with E-state index in [4.69, 9.17) is 27.9 Å². The molecule has 0 aliphatic heterocycles. The fraction of sp³-hybridized carbons (Fsp3) is 0.600. The van der Waals surface area contributed by atoms with Crippen LogP contribution < -0.4 is 10.1 Å². The molecule has 1 aliphatic carbocycles. The third-order valence-corrected chi connectivity index (χ3v) is 5.31. The highest BCUT2D eigenvalue weighted by Gasteiger charge is 2.23. The van der Waals surface area contributed by atoms with Gasteiger partial charge in [-0.2, -0.15) is 11.8 Å². The summed E-state index contributed by atoms with van der Waals surface area (Å²) in [5.41, 5.74) is 0. The summed E-state index contributed by atoms with van der Waals surface area (Å²) in [5.74, 6) is 0.545. The van der Waals surface area contributed by atoms with E-state index in [9.17, 15) is 5.11 Å². The Hall–Kier alpha value is -0.130. The highest BCUT2D eigenvalue weighted by atomic mass is 35.5. The molecule has 0 amide bonds. The van der Waals surface area contributed by atoms with Gasteiger partial charge in [-0.3, -0.25) is 0 Å². The monoisotopic (exact) mass is 349 g/mol. The van der Waals surface area contributed by atoms with Gasteiger partial charge in [-0.25, -0.2) is 0 Å². The van der Waals surface area contributed by atoms with Crippen molar-refractivity contribution in [1.29, 1.82) is 0 Å². The van der Waals surface area contributed by atoms with E-state index >= 15 is 0 Å². The lowest BCUT2D eigenvalue weighted by molar-refractivity contribution is 0.104. The molecule has 0 heterocycles. The minimum Gasteiger partial charge on any atom is -0.489 e. The van der Waals surface area contributed by atoms with Gasteiger partial charge in [-0.15, -0.1) is 0 Å². The van der Waals surface area contributed by atoms with Crippen molar-refractivity contribution in [2.24, 2.45) is 0 Å². The van der Waals surface area contributed by atoms with E-state index in [0.29, 0.717) is 28.4 Å². The van der Waals surface area contributed by atoms with Gasteiger partial charge in [-0.1, -0.05) is 23.2 Å². The predicted molar refractivity (Wildman–Crippen MR) is 90.9 cm³/mol. The quantitative estimate of drug-likeness (QED) is 0.788. The topological polar surface area (TPSA) is 41.5 Å². The van der Waals surface area contributed by atoms with Gasteiger partial charge < -0.3 is 15.2 Å². The second-order valence-electron chi connectivity index (χ2n) is 5.32. The molecule has 0 radical (unpaired) electrons. The van der Waals surface area contributed by atoms with Crippen LogP contribution in [0.25, 0.3) is 0 Å². The van der Waals surface area contributed by atoms with Crippen LogP contribution in [0.3, 0.4) is 0 Å². The molecule has 0 saturated heterocycles. The largest absolute Gasteiger partial charge is 0.489 e. The van der Waals surface area contributed by atoms with Crippen LogP contribution in [0.1, 0.15) is 19.3 Å². The molecule has 3 nitrogen and oxygen atoms in total. The summed E-state index contributed by atoms with van der Waals surface area (Å²) in [6.45, 7) is 0.754. The second kappa shape index (κ2) is 8.49. The zero-order chi connectivity index (χ0) is 15.2. The Balaban J connectivity index is 1.69. The summed E-state index contributed by atoms with van der Waals surface area (Å²) >= 11 is 13.8. The number of aliphatic hydroxyl groups excluding tert-OH is 1. The van der Waals surface area contributed by atoms with Gasteiger partial charge in [0.05, 0.1) is 5.02 Å². The van der Waals surface area contributed by atoms with E-state index in [2.05, 4.69) is 11.6 Å². The predicted octanol–water partition coefficient (Wildman–Crippen LogP) is 3.61. The zero-order valence-corrected chi connectivity index (χ0v) is 14.3. The minimum absolute atomic E-state index is 0.215. The number of benzene rings is 1. The lowest BCUT2D eigenvalue weighted by Gasteiger charge is -2.17. The van der Waals surface area contributed by atoms with Crippen molar-refractivity contribution in [2.45, 2.75) is 36.7 Å². The Kier molecular flexibility index (Phi) is 6.96. The summed E-state index contributed by atoms with van der Waals surface area (Å²) in [6, 6.07) is 5.57. The molecule has 21 heavy (non-hydrogen) atoms. The average molecular weight is 350 g/mol. The maximum atomic E-state index is 9.98. The highest BCUT2D eigenvalue weighted by molar-refractivity contribution is 7.99. The molecule has 0 bridgehead atoms. The van der Waals surface area contributed by atoms with Crippen molar-refractivity contribution >= 4 is 35.0 Å². The summed E-state index contributed by atoms with van der Waals surface area (Å²) in [7, 11) is 0. The van der Waals surface area contributed by atoms with Crippen LogP contribution in [-0.4, -0.2) is 41.9 Å². The van der Waals surface area contributed by atoms with Crippen LogP contribution in [0.5, 0.6) is 5.75 Å². The van der Waals surface area contributed by atoms with Gasteiger partial charge in [0.15, 0.2) is 0 Å².